The largest absolute Gasteiger partial charge is 0.494 e. The van der Waals surface area contributed by atoms with Crippen molar-refractivity contribution in [1.29, 1.82) is 0 Å². The number of allylic oxidation sites excluding steroid dienone is 2. The summed E-state index contributed by atoms with van der Waals surface area (Å²) in [6.45, 7) is 4.62. The molecule has 5 nitrogen and oxygen atoms in total. The zero-order valence-electron chi connectivity index (χ0n) is 14.2. The van der Waals surface area contributed by atoms with Gasteiger partial charge in [0.25, 0.3) is 0 Å². The minimum atomic E-state index is -0.136. The smallest absolute Gasteiger partial charge is 0.239 e. The van der Waals surface area contributed by atoms with Crippen LogP contribution >= 0.6 is 11.3 Å². The Balaban J connectivity index is 1.64. The standard InChI is InChI=1S/C19H20N2O3S/c1-3-24-14-6-7-15-16(9-14)25-19(20-15)21(10-22)18(23)17-11(2)12-4-5-13(17)8-12/h4-7,9-13,17H,3,8H2,1-2H3/t11-,12?,13?,17-/m1/s1. The molecule has 25 heavy (non-hydrogen) atoms. The van der Waals surface area contributed by atoms with Crippen molar-refractivity contribution in [2.45, 2.75) is 20.3 Å². The number of carbonyl (C=O) groups is 2. The summed E-state index contributed by atoms with van der Waals surface area (Å²) >= 11 is 1.34. The normalized spacial score (nSPS) is 27.0. The van der Waals surface area contributed by atoms with Gasteiger partial charge in [0.2, 0.25) is 12.3 Å². The van der Waals surface area contributed by atoms with Gasteiger partial charge in [0.05, 0.1) is 16.8 Å². The molecule has 130 valence electrons. The Kier molecular flexibility index (Phi) is 4.07. The van der Waals surface area contributed by atoms with Crippen molar-refractivity contribution in [3.8, 4) is 5.75 Å². The number of benzene rings is 1. The zero-order valence-corrected chi connectivity index (χ0v) is 15.0. The van der Waals surface area contributed by atoms with Crippen molar-refractivity contribution in [1.82, 2.24) is 4.98 Å². The first kappa shape index (κ1) is 16.3. The van der Waals surface area contributed by atoms with Gasteiger partial charge in [-0.05, 0) is 49.3 Å². The fraction of sp³-hybridized carbons (Fsp3) is 0.421. The minimum absolute atomic E-state index is 0.133. The van der Waals surface area contributed by atoms with Crippen molar-refractivity contribution >= 4 is 39.0 Å². The number of imide groups is 1. The summed E-state index contributed by atoms with van der Waals surface area (Å²) in [5.41, 5.74) is 0.768. The van der Waals surface area contributed by atoms with Gasteiger partial charge in [-0.15, -0.1) is 0 Å². The monoisotopic (exact) mass is 356 g/mol. The van der Waals surface area contributed by atoms with Crippen molar-refractivity contribution in [2.75, 3.05) is 11.5 Å². The van der Waals surface area contributed by atoms with Gasteiger partial charge >= 0.3 is 0 Å². The number of nitrogens with zero attached hydrogens (tertiary/aromatic N) is 2. The Morgan fingerprint density at radius 1 is 1.40 bits per heavy atom. The Morgan fingerprint density at radius 2 is 2.20 bits per heavy atom. The average molecular weight is 356 g/mol. The molecule has 6 heteroatoms. The van der Waals surface area contributed by atoms with E-state index in [0.717, 1.165) is 22.4 Å². The lowest BCUT2D eigenvalue weighted by atomic mass is 9.83. The highest BCUT2D eigenvalue weighted by Gasteiger charge is 2.47. The third-order valence-corrected chi connectivity index (χ3v) is 6.36. The van der Waals surface area contributed by atoms with Crippen LogP contribution in [0.1, 0.15) is 20.3 Å². The van der Waals surface area contributed by atoms with Crippen LogP contribution in [0.3, 0.4) is 0 Å². The Labute approximate surface area is 150 Å². The fourth-order valence-electron chi connectivity index (χ4n) is 4.08. The lowest BCUT2D eigenvalue weighted by Gasteiger charge is -2.26. The van der Waals surface area contributed by atoms with Crippen molar-refractivity contribution in [3.63, 3.8) is 0 Å². The van der Waals surface area contributed by atoms with Crippen LogP contribution in [0.25, 0.3) is 10.2 Å². The lowest BCUT2D eigenvalue weighted by Crippen LogP contribution is -2.39. The van der Waals surface area contributed by atoms with E-state index in [-0.39, 0.29) is 23.7 Å². The first-order valence-electron chi connectivity index (χ1n) is 8.62. The predicted octanol–water partition coefficient (Wildman–Crippen LogP) is 3.64. The second kappa shape index (κ2) is 6.26. The summed E-state index contributed by atoms with van der Waals surface area (Å²) in [4.78, 5) is 30.4. The van der Waals surface area contributed by atoms with Crippen molar-refractivity contribution < 1.29 is 14.3 Å². The minimum Gasteiger partial charge on any atom is -0.494 e. The van der Waals surface area contributed by atoms with E-state index in [1.54, 1.807) is 0 Å². The molecule has 4 atom stereocenters. The van der Waals surface area contributed by atoms with E-state index in [1.165, 1.54) is 16.2 Å². The first-order chi connectivity index (χ1) is 12.1. The van der Waals surface area contributed by atoms with Crippen molar-refractivity contribution in [2.24, 2.45) is 23.7 Å². The molecule has 0 spiro atoms. The van der Waals surface area contributed by atoms with Crippen LogP contribution in [-0.2, 0) is 9.59 Å². The fourth-order valence-corrected chi connectivity index (χ4v) is 5.05. The first-order valence-corrected chi connectivity index (χ1v) is 9.44. The molecule has 1 fully saturated rings. The summed E-state index contributed by atoms with van der Waals surface area (Å²) < 4.78 is 6.41. The van der Waals surface area contributed by atoms with E-state index in [0.29, 0.717) is 24.1 Å². The molecule has 2 unspecified atom stereocenters. The lowest BCUT2D eigenvalue weighted by molar-refractivity contribution is -0.126. The molecule has 4 rings (SSSR count). The average Bonchev–Trinajstić information content (AvgIpc) is 3.29. The Morgan fingerprint density at radius 3 is 2.88 bits per heavy atom. The number of hydrogen-bond donors (Lipinski definition) is 0. The molecule has 1 saturated carbocycles. The highest BCUT2D eigenvalue weighted by atomic mass is 32.1. The molecule has 0 aliphatic heterocycles. The van der Waals surface area contributed by atoms with Gasteiger partial charge in [-0.2, -0.15) is 0 Å². The summed E-state index contributed by atoms with van der Waals surface area (Å²) in [7, 11) is 0. The molecule has 0 radical (unpaired) electrons. The summed E-state index contributed by atoms with van der Waals surface area (Å²) in [5.74, 6) is 1.46. The predicted molar refractivity (Wildman–Crippen MR) is 97.7 cm³/mol. The van der Waals surface area contributed by atoms with Gasteiger partial charge in [0.15, 0.2) is 5.13 Å². The molecule has 2 bridgehead atoms. The van der Waals surface area contributed by atoms with Gasteiger partial charge in [-0.1, -0.05) is 30.4 Å². The number of anilines is 1. The van der Waals surface area contributed by atoms with Gasteiger partial charge in [-0.3, -0.25) is 9.59 Å². The van der Waals surface area contributed by atoms with E-state index in [1.807, 2.05) is 25.1 Å². The summed E-state index contributed by atoms with van der Waals surface area (Å²) in [6.07, 6.45) is 5.95. The number of fused-ring (bicyclic) bond motifs is 3. The molecule has 0 saturated heterocycles. The second-order valence-corrected chi connectivity index (χ2v) is 7.71. The maximum Gasteiger partial charge on any atom is 0.239 e. The summed E-state index contributed by atoms with van der Waals surface area (Å²) in [5, 5.41) is 0.433. The van der Waals surface area contributed by atoms with Gasteiger partial charge < -0.3 is 4.74 Å². The van der Waals surface area contributed by atoms with E-state index in [2.05, 4.69) is 24.1 Å². The highest BCUT2D eigenvalue weighted by molar-refractivity contribution is 7.22. The van der Waals surface area contributed by atoms with Gasteiger partial charge in [0, 0.05) is 5.92 Å². The van der Waals surface area contributed by atoms with Crippen LogP contribution in [0.15, 0.2) is 30.4 Å². The molecule has 1 aromatic heterocycles. The van der Waals surface area contributed by atoms with Gasteiger partial charge in [0.1, 0.15) is 5.75 Å². The maximum absolute atomic E-state index is 13.0. The molecular weight excluding hydrogens is 336 g/mol. The van der Waals surface area contributed by atoms with Crippen LogP contribution < -0.4 is 9.64 Å². The summed E-state index contributed by atoms with van der Waals surface area (Å²) in [6, 6.07) is 5.61. The van der Waals surface area contributed by atoms with Crippen LogP contribution in [-0.4, -0.2) is 23.9 Å². The van der Waals surface area contributed by atoms with E-state index < -0.39 is 0 Å². The number of aromatic nitrogens is 1. The molecular formula is C19H20N2O3S. The molecule has 2 aliphatic carbocycles. The third-order valence-electron chi connectivity index (χ3n) is 5.35. The topological polar surface area (TPSA) is 59.5 Å². The van der Waals surface area contributed by atoms with Crippen molar-refractivity contribution in [3.05, 3.63) is 30.4 Å². The van der Waals surface area contributed by atoms with Gasteiger partial charge in [-0.25, -0.2) is 9.88 Å². The number of amides is 2. The molecule has 2 aliphatic rings. The number of thiazole rings is 1. The maximum atomic E-state index is 13.0. The molecule has 2 aromatic rings. The number of ether oxygens (including phenoxy) is 1. The van der Waals surface area contributed by atoms with Crippen LogP contribution in [0.5, 0.6) is 5.75 Å². The SMILES string of the molecule is CCOc1ccc2nc(N(C=O)C(=O)[C@H]3C4C=CC(C4)[C@H]3C)sc2c1. The molecule has 1 heterocycles. The quantitative estimate of drug-likeness (QED) is 0.606. The van der Waals surface area contributed by atoms with Crippen LogP contribution in [0, 0.1) is 23.7 Å². The Bertz CT molecular complexity index is 859. The second-order valence-electron chi connectivity index (χ2n) is 6.71. The third kappa shape index (κ3) is 2.65. The Hall–Kier alpha value is -2.21. The number of hydrogen-bond acceptors (Lipinski definition) is 5. The molecule has 0 N–H and O–H groups in total. The highest BCUT2D eigenvalue weighted by Crippen LogP contribution is 2.48. The van der Waals surface area contributed by atoms with Crippen LogP contribution in [0.2, 0.25) is 0 Å². The van der Waals surface area contributed by atoms with E-state index in [4.69, 9.17) is 4.74 Å². The van der Waals surface area contributed by atoms with Crippen LogP contribution in [0.4, 0.5) is 5.13 Å². The van der Waals surface area contributed by atoms with E-state index in [9.17, 15) is 9.59 Å². The zero-order chi connectivity index (χ0) is 17.6. The number of rotatable bonds is 5. The molecule has 1 aromatic carbocycles. The number of carbonyl (C=O) groups excluding carboxylic acids is 2. The molecule has 2 amide bonds. The van der Waals surface area contributed by atoms with E-state index >= 15 is 0 Å².